The van der Waals surface area contributed by atoms with Crippen LogP contribution in [0.15, 0.2) is 6.33 Å². The van der Waals surface area contributed by atoms with E-state index >= 15 is 0 Å². The Kier molecular flexibility index (Phi) is 3.85. The molecule has 23 heavy (non-hydrogen) atoms. The van der Waals surface area contributed by atoms with Crippen LogP contribution < -0.4 is 5.32 Å². The van der Waals surface area contributed by atoms with Crippen LogP contribution >= 0.6 is 0 Å². The van der Waals surface area contributed by atoms with Gasteiger partial charge < -0.3 is 15.2 Å². The second-order valence-corrected chi connectivity index (χ2v) is 5.45. The zero-order valence-corrected chi connectivity index (χ0v) is 13.3. The van der Waals surface area contributed by atoms with E-state index in [1.165, 1.54) is 6.33 Å². The number of aromatic amines is 1. The highest BCUT2D eigenvalue weighted by Gasteiger charge is 2.34. The van der Waals surface area contributed by atoms with Crippen LogP contribution in [-0.2, 0) is 11.3 Å². The van der Waals surface area contributed by atoms with E-state index in [0.717, 1.165) is 6.42 Å². The number of amides is 2. The first-order valence-electron chi connectivity index (χ1n) is 7.56. The highest BCUT2D eigenvalue weighted by atomic mass is 16.2. The van der Waals surface area contributed by atoms with Crippen LogP contribution in [0.3, 0.4) is 0 Å². The van der Waals surface area contributed by atoms with Crippen LogP contribution in [0.5, 0.6) is 0 Å². The molecule has 2 aromatic heterocycles. The summed E-state index contributed by atoms with van der Waals surface area (Å²) < 4.78 is 1.76. The molecule has 1 atom stereocenters. The fourth-order valence-corrected chi connectivity index (χ4v) is 2.84. The van der Waals surface area contributed by atoms with Gasteiger partial charge in [0.1, 0.15) is 17.4 Å². The second-order valence-electron chi connectivity index (χ2n) is 5.45. The van der Waals surface area contributed by atoms with Crippen molar-refractivity contribution in [2.75, 3.05) is 13.6 Å². The maximum absolute atomic E-state index is 12.5. The SMILES string of the molecule is CCCN1Cc2nnc(-c3nc[nH]c3C(=O)NC)n2[C@@H](C)C1=O. The highest BCUT2D eigenvalue weighted by Crippen LogP contribution is 2.28. The number of fused-ring (bicyclic) bond motifs is 1. The Bertz CT molecular complexity index is 748. The normalized spacial score (nSPS) is 17.3. The third kappa shape index (κ3) is 2.37. The zero-order valence-electron chi connectivity index (χ0n) is 13.3. The minimum Gasteiger partial charge on any atom is -0.354 e. The summed E-state index contributed by atoms with van der Waals surface area (Å²) in [5, 5.41) is 10.9. The van der Waals surface area contributed by atoms with Crippen molar-refractivity contribution in [3.05, 3.63) is 17.8 Å². The first kappa shape index (κ1) is 15.2. The third-order valence-electron chi connectivity index (χ3n) is 3.95. The van der Waals surface area contributed by atoms with Crippen molar-refractivity contribution in [1.29, 1.82) is 0 Å². The quantitative estimate of drug-likeness (QED) is 0.845. The van der Waals surface area contributed by atoms with Gasteiger partial charge in [0.15, 0.2) is 11.6 Å². The molecule has 0 aliphatic carbocycles. The first-order chi connectivity index (χ1) is 11.1. The fraction of sp³-hybridized carbons (Fsp3) is 0.500. The minimum atomic E-state index is -0.426. The van der Waals surface area contributed by atoms with E-state index in [2.05, 4.69) is 25.5 Å². The number of rotatable bonds is 4. The molecule has 0 unspecified atom stereocenters. The number of imidazole rings is 1. The monoisotopic (exact) mass is 317 g/mol. The van der Waals surface area contributed by atoms with Gasteiger partial charge in [0, 0.05) is 13.6 Å². The highest BCUT2D eigenvalue weighted by molar-refractivity contribution is 5.97. The molecule has 2 aromatic rings. The maximum atomic E-state index is 12.5. The van der Waals surface area contributed by atoms with Gasteiger partial charge in [0.05, 0.1) is 12.9 Å². The molecule has 3 rings (SSSR count). The van der Waals surface area contributed by atoms with E-state index in [9.17, 15) is 9.59 Å². The maximum Gasteiger partial charge on any atom is 0.269 e. The molecular formula is C14H19N7O2. The molecule has 0 spiro atoms. The van der Waals surface area contributed by atoms with Gasteiger partial charge in [-0.05, 0) is 13.3 Å². The van der Waals surface area contributed by atoms with E-state index in [-0.39, 0.29) is 11.8 Å². The van der Waals surface area contributed by atoms with Crippen LogP contribution in [0, 0.1) is 0 Å². The van der Waals surface area contributed by atoms with Gasteiger partial charge in [-0.15, -0.1) is 10.2 Å². The summed E-state index contributed by atoms with van der Waals surface area (Å²) in [6.45, 7) is 4.95. The van der Waals surface area contributed by atoms with Crippen LogP contribution in [0.1, 0.15) is 42.6 Å². The van der Waals surface area contributed by atoms with Crippen molar-refractivity contribution in [2.45, 2.75) is 32.9 Å². The minimum absolute atomic E-state index is 0.0254. The van der Waals surface area contributed by atoms with E-state index < -0.39 is 6.04 Å². The molecule has 9 nitrogen and oxygen atoms in total. The second kappa shape index (κ2) is 5.82. The lowest BCUT2D eigenvalue weighted by atomic mass is 10.2. The number of nitrogens with zero attached hydrogens (tertiary/aromatic N) is 5. The fourth-order valence-electron chi connectivity index (χ4n) is 2.84. The molecule has 0 radical (unpaired) electrons. The van der Waals surface area contributed by atoms with Crippen molar-refractivity contribution in [2.24, 2.45) is 0 Å². The van der Waals surface area contributed by atoms with Gasteiger partial charge in [0.2, 0.25) is 5.91 Å². The molecular weight excluding hydrogens is 298 g/mol. The first-order valence-corrected chi connectivity index (χ1v) is 7.56. The molecule has 2 N–H and O–H groups in total. The number of carbonyl (C=O) groups is 2. The topological polar surface area (TPSA) is 109 Å². The molecule has 0 saturated carbocycles. The van der Waals surface area contributed by atoms with Gasteiger partial charge >= 0.3 is 0 Å². The predicted octanol–water partition coefficient (Wildman–Crippen LogP) is 0.341. The van der Waals surface area contributed by atoms with E-state index in [1.807, 2.05) is 13.8 Å². The lowest BCUT2D eigenvalue weighted by Gasteiger charge is -2.31. The number of aromatic nitrogens is 5. The average Bonchev–Trinajstić information content (AvgIpc) is 3.17. The Morgan fingerprint density at radius 3 is 2.96 bits per heavy atom. The van der Waals surface area contributed by atoms with Crippen LogP contribution in [-0.4, -0.2) is 55.0 Å². The van der Waals surface area contributed by atoms with Crippen molar-refractivity contribution >= 4 is 11.8 Å². The van der Waals surface area contributed by atoms with Crippen LogP contribution in [0.4, 0.5) is 0 Å². The van der Waals surface area contributed by atoms with Crippen LogP contribution in [0.25, 0.3) is 11.5 Å². The molecule has 3 heterocycles. The summed E-state index contributed by atoms with van der Waals surface area (Å²) in [4.78, 5) is 33.2. The molecule has 0 saturated heterocycles. The largest absolute Gasteiger partial charge is 0.354 e. The number of carbonyl (C=O) groups excluding carboxylic acids is 2. The van der Waals surface area contributed by atoms with Crippen molar-refractivity contribution < 1.29 is 9.59 Å². The van der Waals surface area contributed by atoms with Gasteiger partial charge in [-0.2, -0.15) is 0 Å². The summed E-state index contributed by atoms with van der Waals surface area (Å²) in [5.74, 6) is 0.859. The molecule has 1 aliphatic heterocycles. The Morgan fingerprint density at radius 1 is 1.48 bits per heavy atom. The molecule has 1 aliphatic rings. The van der Waals surface area contributed by atoms with E-state index in [1.54, 1.807) is 16.5 Å². The Labute approximate surface area is 133 Å². The van der Waals surface area contributed by atoms with E-state index in [4.69, 9.17) is 0 Å². The molecule has 2 amide bonds. The summed E-state index contributed by atoms with van der Waals surface area (Å²) in [6.07, 6.45) is 2.32. The lowest BCUT2D eigenvalue weighted by Crippen LogP contribution is -2.42. The Hall–Kier alpha value is -2.71. The Morgan fingerprint density at radius 2 is 2.26 bits per heavy atom. The summed E-state index contributed by atoms with van der Waals surface area (Å²) in [5.41, 5.74) is 0.699. The van der Waals surface area contributed by atoms with Crippen molar-refractivity contribution in [1.82, 2.24) is 34.9 Å². The molecule has 122 valence electrons. The van der Waals surface area contributed by atoms with Crippen molar-refractivity contribution in [3.8, 4) is 11.5 Å². The van der Waals surface area contributed by atoms with Crippen molar-refractivity contribution in [3.63, 3.8) is 0 Å². The lowest BCUT2D eigenvalue weighted by molar-refractivity contribution is -0.136. The average molecular weight is 317 g/mol. The number of hydrogen-bond donors (Lipinski definition) is 2. The number of nitrogens with one attached hydrogen (secondary N) is 2. The third-order valence-corrected chi connectivity index (χ3v) is 3.95. The summed E-state index contributed by atoms with van der Waals surface area (Å²) in [6, 6.07) is -0.426. The predicted molar refractivity (Wildman–Crippen MR) is 81.4 cm³/mol. The van der Waals surface area contributed by atoms with Gasteiger partial charge in [-0.1, -0.05) is 6.92 Å². The Balaban J connectivity index is 2.05. The smallest absolute Gasteiger partial charge is 0.269 e. The van der Waals surface area contributed by atoms with Crippen LogP contribution in [0.2, 0.25) is 0 Å². The molecule has 0 bridgehead atoms. The standard InChI is InChI=1S/C14H19N7O2/c1-4-5-20-6-9-18-19-12(21(9)8(2)14(20)23)10-11(13(22)15-3)17-7-16-10/h7-8H,4-6H2,1-3H3,(H,15,22)(H,16,17)/t8-/m0/s1. The van der Waals surface area contributed by atoms with Gasteiger partial charge in [-0.25, -0.2) is 4.98 Å². The number of H-pyrrole nitrogens is 1. The number of hydrogen-bond acceptors (Lipinski definition) is 5. The van der Waals surface area contributed by atoms with Gasteiger partial charge in [-0.3, -0.25) is 14.2 Å². The summed E-state index contributed by atoms with van der Waals surface area (Å²) in [7, 11) is 1.54. The molecule has 0 fully saturated rings. The van der Waals surface area contributed by atoms with Gasteiger partial charge in [0.25, 0.3) is 5.91 Å². The summed E-state index contributed by atoms with van der Waals surface area (Å²) >= 11 is 0. The van der Waals surface area contributed by atoms with E-state index in [0.29, 0.717) is 36.1 Å². The molecule has 0 aromatic carbocycles. The zero-order chi connectivity index (χ0) is 16.6. The molecule has 9 heteroatoms.